The van der Waals surface area contributed by atoms with Crippen molar-refractivity contribution in [3.05, 3.63) is 63.4 Å². The molecular formula is C16H12Br2FNO. The molecule has 0 fully saturated rings. The molecule has 0 saturated heterocycles. The van der Waals surface area contributed by atoms with E-state index in [4.69, 9.17) is 0 Å². The van der Waals surface area contributed by atoms with E-state index in [1.165, 1.54) is 6.07 Å². The molecule has 2 aromatic carbocycles. The van der Waals surface area contributed by atoms with Crippen molar-refractivity contribution in [1.82, 2.24) is 0 Å². The van der Waals surface area contributed by atoms with Crippen LogP contribution in [0.2, 0.25) is 0 Å². The Labute approximate surface area is 139 Å². The molecule has 2 nitrogen and oxygen atoms in total. The van der Waals surface area contributed by atoms with Gasteiger partial charge >= 0.3 is 0 Å². The van der Waals surface area contributed by atoms with Crippen molar-refractivity contribution in [2.45, 2.75) is 17.7 Å². The second kappa shape index (κ2) is 5.89. The molecule has 1 aliphatic rings. The van der Waals surface area contributed by atoms with Crippen molar-refractivity contribution in [1.29, 1.82) is 0 Å². The maximum absolute atomic E-state index is 14.1. The van der Waals surface area contributed by atoms with Crippen molar-refractivity contribution >= 4 is 43.5 Å². The van der Waals surface area contributed by atoms with Crippen LogP contribution in [0.1, 0.15) is 27.9 Å². The number of fused-ring (bicyclic) bond motifs is 1. The van der Waals surface area contributed by atoms with Gasteiger partial charge in [-0.25, -0.2) is 4.39 Å². The van der Waals surface area contributed by atoms with E-state index in [9.17, 15) is 9.18 Å². The number of alkyl halides is 1. The third-order valence-corrected chi connectivity index (χ3v) is 5.07. The molecular weight excluding hydrogens is 401 g/mol. The number of carbonyl (C=O) groups is 1. The lowest BCUT2D eigenvalue weighted by Crippen LogP contribution is -2.19. The number of amides is 1. The number of carbonyl (C=O) groups excluding carboxylic acids is 1. The molecule has 0 radical (unpaired) electrons. The molecule has 1 atom stereocenters. The fraction of sp³-hybridized carbons (Fsp3) is 0.188. The summed E-state index contributed by atoms with van der Waals surface area (Å²) in [5, 5.41) is 2.85. The lowest BCUT2D eigenvalue weighted by Gasteiger charge is -2.19. The Bertz CT molecular complexity index is 717. The van der Waals surface area contributed by atoms with Crippen LogP contribution in [-0.2, 0) is 11.2 Å². The number of halogens is 3. The van der Waals surface area contributed by atoms with Gasteiger partial charge in [0.1, 0.15) is 5.82 Å². The van der Waals surface area contributed by atoms with Crippen LogP contribution in [0.15, 0.2) is 40.9 Å². The Hall–Kier alpha value is -1.20. The van der Waals surface area contributed by atoms with Crippen LogP contribution in [0.4, 0.5) is 10.1 Å². The Kier molecular flexibility index (Phi) is 4.13. The average molecular weight is 413 g/mol. The molecule has 0 aliphatic carbocycles. The van der Waals surface area contributed by atoms with Gasteiger partial charge < -0.3 is 5.32 Å². The molecule has 1 unspecified atom stereocenters. The van der Waals surface area contributed by atoms with E-state index in [-0.39, 0.29) is 16.6 Å². The van der Waals surface area contributed by atoms with Crippen LogP contribution in [0.5, 0.6) is 0 Å². The van der Waals surface area contributed by atoms with E-state index in [1.54, 1.807) is 6.07 Å². The molecule has 21 heavy (non-hydrogen) atoms. The Morgan fingerprint density at radius 2 is 1.95 bits per heavy atom. The van der Waals surface area contributed by atoms with Crippen LogP contribution < -0.4 is 5.32 Å². The van der Waals surface area contributed by atoms with Gasteiger partial charge in [0.25, 0.3) is 0 Å². The Morgan fingerprint density at radius 1 is 1.14 bits per heavy atom. The van der Waals surface area contributed by atoms with E-state index >= 15 is 0 Å². The van der Waals surface area contributed by atoms with Gasteiger partial charge in [0.2, 0.25) is 5.91 Å². The molecule has 0 aromatic heterocycles. The maximum Gasteiger partial charge on any atom is 0.224 e. The van der Waals surface area contributed by atoms with Gasteiger partial charge in [0.05, 0.1) is 4.83 Å². The largest absolute Gasteiger partial charge is 0.326 e. The molecule has 108 valence electrons. The zero-order valence-corrected chi connectivity index (χ0v) is 14.2. The number of anilines is 1. The Balaban J connectivity index is 1.95. The summed E-state index contributed by atoms with van der Waals surface area (Å²) in [5.74, 6) is -0.207. The summed E-state index contributed by atoms with van der Waals surface area (Å²) in [7, 11) is 0. The predicted molar refractivity (Wildman–Crippen MR) is 88.3 cm³/mol. The van der Waals surface area contributed by atoms with E-state index in [2.05, 4.69) is 37.2 Å². The minimum Gasteiger partial charge on any atom is -0.326 e. The highest BCUT2D eigenvalue weighted by Crippen LogP contribution is 2.36. The number of rotatable bonds is 2. The minimum absolute atomic E-state index is 0.0459. The predicted octanol–water partition coefficient (Wildman–Crippen LogP) is 4.96. The summed E-state index contributed by atoms with van der Waals surface area (Å²) >= 11 is 6.83. The highest BCUT2D eigenvalue weighted by Gasteiger charge is 2.19. The highest BCUT2D eigenvalue weighted by atomic mass is 79.9. The van der Waals surface area contributed by atoms with Crippen LogP contribution in [0.3, 0.4) is 0 Å². The minimum atomic E-state index is -0.253. The summed E-state index contributed by atoms with van der Waals surface area (Å²) in [6, 6.07) is 10.9. The molecule has 1 heterocycles. The second-order valence-electron chi connectivity index (χ2n) is 4.99. The first kappa shape index (κ1) is 14.7. The molecule has 0 spiro atoms. The van der Waals surface area contributed by atoms with E-state index in [0.717, 1.165) is 27.7 Å². The molecule has 0 saturated carbocycles. The number of aryl methyl sites for hydroxylation is 1. The van der Waals surface area contributed by atoms with Gasteiger partial charge in [-0.15, -0.1) is 0 Å². The second-order valence-corrected chi connectivity index (χ2v) is 6.82. The van der Waals surface area contributed by atoms with E-state index in [0.29, 0.717) is 12.0 Å². The topological polar surface area (TPSA) is 29.1 Å². The van der Waals surface area contributed by atoms with Crippen molar-refractivity contribution < 1.29 is 9.18 Å². The fourth-order valence-electron chi connectivity index (χ4n) is 2.45. The summed E-state index contributed by atoms with van der Waals surface area (Å²) in [6.07, 6.45) is 1.22. The van der Waals surface area contributed by atoms with Crippen molar-refractivity contribution in [3.63, 3.8) is 0 Å². The number of nitrogens with one attached hydrogen (secondary N) is 1. The molecule has 1 aliphatic heterocycles. The summed E-state index contributed by atoms with van der Waals surface area (Å²) < 4.78 is 14.8. The van der Waals surface area contributed by atoms with Crippen molar-refractivity contribution in [3.8, 4) is 0 Å². The molecule has 3 rings (SSSR count). The van der Waals surface area contributed by atoms with Gasteiger partial charge in [0, 0.05) is 22.1 Å². The first-order chi connectivity index (χ1) is 10.0. The smallest absolute Gasteiger partial charge is 0.224 e. The van der Waals surface area contributed by atoms with Crippen LogP contribution in [-0.4, -0.2) is 5.91 Å². The van der Waals surface area contributed by atoms with Gasteiger partial charge in [-0.1, -0.05) is 50.1 Å². The fourth-order valence-corrected chi connectivity index (χ4v) is 3.44. The Morgan fingerprint density at radius 3 is 2.71 bits per heavy atom. The number of benzene rings is 2. The molecule has 1 amide bonds. The SMILES string of the molecule is O=C1CCc2cc(C(Br)c3ccc(Br)cc3F)ccc2N1. The number of hydrogen-bond donors (Lipinski definition) is 1. The quantitative estimate of drug-likeness (QED) is 0.694. The normalized spacial score (nSPS) is 15.3. The lowest BCUT2D eigenvalue weighted by molar-refractivity contribution is -0.116. The average Bonchev–Trinajstić information content (AvgIpc) is 2.46. The third kappa shape index (κ3) is 3.04. The first-order valence-electron chi connectivity index (χ1n) is 6.56. The van der Waals surface area contributed by atoms with Gasteiger partial charge in [-0.3, -0.25) is 4.79 Å². The zero-order chi connectivity index (χ0) is 15.0. The lowest BCUT2D eigenvalue weighted by atomic mass is 9.97. The molecule has 1 N–H and O–H groups in total. The first-order valence-corrected chi connectivity index (χ1v) is 8.27. The van der Waals surface area contributed by atoms with E-state index < -0.39 is 0 Å². The van der Waals surface area contributed by atoms with E-state index in [1.807, 2.05) is 24.3 Å². The van der Waals surface area contributed by atoms with Gasteiger partial charge in [0.15, 0.2) is 0 Å². The van der Waals surface area contributed by atoms with Crippen molar-refractivity contribution in [2.24, 2.45) is 0 Å². The maximum atomic E-state index is 14.1. The number of hydrogen-bond acceptors (Lipinski definition) is 1. The molecule has 2 aromatic rings. The highest BCUT2D eigenvalue weighted by molar-refractivity contribution is 9.10. The molecule has 0 bridgehead atoms. The summed E-state index contributed by atoms with van der Waals surface area (Å²) in [4.78, 5) is 11.2. The van der Waals surface area contributed by atoms with Crippen LogP contribution in [0, 0.1) is 5.82 Å². The standard InChI is InChI=1S/C16H12Br2FNO/c17-11-3-4-12(13(19)8-11)16(18)10-1-5-14-9(7-10)2-6-15(21)20-14/h1,3-5,7-8,16H,2,6H2,(H,20,21). The van der Waals surface area contributed by atoms with Crippen LogP contribution >= 0.6 is 31.9 Å². The van der Waals surface area contributed by atoms with Crippen molar-refractivity contribution in [2.75, 3.05) is 5.32 Å². The third-order valence-electron chi connectivity index (χ3n) is 3.55. The summed E-state index contributed by atoms with van der Waals surface area (Å²) in [5.41, 5.74) is 3.52. The van der Waals surface area contributed by atoms with Gasteiger partial charge in [-0.2, -0.15) is 0 Å². The summed E-state index contributed by atoms with van der Waals surface area (Å²) in [6.45, 7) is 0. The van der Waals surface area contributed by atoms with Gasteiger partial charge in [-0.05, 0) is 35.7 Å². The monoisotopic (exact) mass is 411 g/mol. The van der Waals surface area contributed by atoms with Crippen LogP contribution in [0.25, 0.3) is 0 Å². The zero-order valence-electron chi connectivity index (χ0n) is 11.0. The molecule has 5 heteroatoms.